The van der Waals surface area contributed by atoms with Gasteiger partial charge in [-0.3, -0.25) is 4.72 Å². The Labute approximate surface area is 124 Å². The Balaban J connectivity index is 2.47. The van der Waals surface area contributed by atoms with Crippen LogP contribution in [-0.4, -0.2) is 13.4 Å². The fourth-order valence-electron chi connectivity index (χ4n) is 1.60. The summed E-state index contributed by atoms with van der Waals surface area (Å²) in [5.74, 6) is -0.504. The number of rotatable bonds is 3. The number of pyridine rings is 1. The molecule has 0 bridgehead atoms. The van der Waals surface area contributed by atoms with Gasteiger partial charge in [-0.15, -0.1) is 0 Å². The molecule has 2 aromatic rings. The van der Waals surface area contributed by atoms with Crippen LogP contribution < -0.4 is 10.5 Å². The summed E-state index contributed by atoms with van der Waals surface area (Å²) in [6.07, 6.45) is 1.45. The molecule has 0 spiro atoms. The first kappa shape index (κ1) is 14.7. The minimum absolute atomic E-state index is 0.0889. The molecule has 1 aromatic heterocycles. The summed E-state index contributed by atoms with van der Waals surface area (Å²) in [6, 6.07) is 5.47. The average molecular weight is 360 g/mol. The number of benzene rings is 1. The molecule has 1 heterocycles. The molecule has 0 atom stereocenters. The number of aromatic nitrogens is 1. The third-order valence-corrected chi connectivity index (χ3v) is 4.69. The second-order valence-corrected chi connectivity index (χ2v) is 6.58. The van der Waals surface area contributed by atoms with E-state index in [2.05, 4.69) is 25.6 Å². The minimum Gasteiger partial charge on any atom is -0.396 e. The molecule has 20 heavy (non-hydrogen) atoms. The van der Waals surface area contributed by atoms with Gasteiger partial charge >= 0.3 is 0 Å². The van der Waals surface area contributed by atoms with Gasteiger partial charge in [0.05, 0.1) is 15.1 Å². The van der Waals surface area contributed by atoms with Crippen molar-refractivity contribution in [2.75, 3.05) is 10.5 Å². The molecule has 106 valence electrons. The quantitative estimate of drug-likeness (QED) is 0.825. The van der Waals surface area contributed by atoms with Gasteiger partial charge in [0.1, 0.15) is 5.82 Å². The van der Waals surface area contributed by atoms with Gasteiger partial charge in [-0.25, -0.2) is 17.8 Å². The smallest absolute Gasteiger partial charge is 0.263 e. The summed E-state index contributed by atoms with van der Waals surface area (Å²) < 4.78 is 40.7. The maximum atomic E-state index is 13.3. The van der Waals surface area contributed by atoms with E-state index in [0.29, 0.717) is 4.47 Å². The molecule has 0 aliphatic rings. The van der Waals surface area contributed by atoms with Crippen LogP contribution in [-0.2, 0) is 10.0 Å². The molecule has 0 amide bonds. The monoisotopic (exact) mass is 359 g/mol. The fourth-order valence-corrected chi connectivity index (χ4v) is 3.38. The van der Waals surface area contributed by atoms with Gasteiger partial charge in [0.25, 0.3) is 10.0 Å². The zero-order chi connectivity index (χ0) is 14.9. The van der Waals surface area contributed by atoms with Gasteiger partial charge in [-0.05, 0) is 52.7 Å². The summed E-state index contributed by atoms with van der Waals surface area (Å²) >= 11 is 3.19. The van der Waals surface area contributed by atoms with Crippen molar-refractivity contribution in [3.8, 4) is 0 Å². The number of sulfonamides is 1. The molecule has 0 radical (unpaired) electrons. The van der Waals surface area contributed by atoms with Crippen LogP contribution in [0.2, 0.25) is 0 Å². The molecular formula is C12H11BrFN3O2S. The molecule has 0 saturated carbocycles. The average Bonchev–Trinajstić information content (AvgIpc) is 2.36. The van der Waals surface area contributed by atoms with E-state index in [9.17, 15) is 12.8 Å². The first-order valence-corrected chi connectivity index (χ1v) is 7.78. The largest absolute Gasteiger partial charge is 0.396 e. The van der Waals surface area contributed by atoms with Crippen molar-refractivity contribution in [1.29, 1.82) is 0 Å². The molecular weight excluding hydrogens is 349 g/mol. The lowest BCUT2D eigenvalue weighted by molar-refractivity contribution is 0.599. The van der Waals surface area contributed by atoms with E-state index in [0.717, 1.165) is 12.1 Å². The maximum Gasteiger partial charge on any atom is 0.263 e. The molecule has 5 nitrogen and oxygen atoms in total. The number of nitrogens with one attached hydrogen (secondary N) is 1. The number of hydrogen-bond acceptors (Lipinski definition) is 4. The van der Waals surface area contributed by atoms with Crippen molar-refractivity contribution in [2.24, 2.45) is 0 Å². The van der Waals surface area contributed by atoms with Crippen LogP contribution in [0.15, 0.2) is 39.8 Å². The number of nitrogens with two attached hydrogens (primary N) is 1. The van der Waals surface area contributed by atoms with Gasteiger partial charge in [0.15, 0.2) is 5.82 Å². The highest BCUT2D eigenvalue weighted by molar-refractivity contribution is 9.10. The number of anilines is 2. The predicted molar refractivity (Wildman–Crippen MR) is 78.3 cm³/mol. The second kappa shape index (κ2) is 5.37. The zero-order valence-corrected chi connectivity index (χ0v) is 12.8. The van der Waals surface area contributed by atoms with Gasteiger partial charge in [-0.1, -0.05) is 0 Å². The van der Waals surface area contributed by atoms with E-state index in [1.807, 2.05) is 0 Å². The third-order valence-electron chi connectivity index (χ3n) is 2.57. The fraction of sp³-hybridized carbons (Fsp3) is 0.0833. The van der Waals surface area contributed by atoms with Crippen LogP contribution in [0.1, 0.15) is 5.56 Å². The van der Waals surface area contributed by atoms with E-state index in [4.69, 9.17) is 5.73 Å². The van der Waals surface area contributed by atoms with Crippen molar-refractivity contribution in [3.63, 3.8) is 0 Å². The van der Waals surface area contributed by atoms with Gasteiger partial charge in [0, 0.05) is 6.20 Å². The van der Waals surface area contributed by atoms with Crippen LogP contribution in [0.3, 0.4) is 0 Å². The molecule has 0 fully saturated rings. The first-order valence-electron chi connectivity index (χ1n) is 5.50. The number of aryl methyl sites for hydroxylation is 1. The molecule has 1 aromatic carbocycles. The highest BCUT2D eigenvalue weighted by atomic mass is 79.9. The van der Waals surface area contributed by atoms with Gasteiger partial charge < -0.3 is 5.73 Å². The highest BCUT2D eigenvalue weighted by Crippen LogP contribution is 2.26. The second-order valence-electron chi connectivity index (χ2n) is 4.08. The van der Waals surface area contributed by atoms with Crippen molar-refractivity contribution < 1.29 is 12.8 Å². The summed E-state index contributed by atoms with van der Waals surface area (Å²) in [5.41, 5.74) is 5.45. The zero-order valence-electron chi connectivity index (χ0n) is 10.4. The lowest BCUT2D eigenvalue weighted by Crippen LogP contribution is -2.16. The van der Waals surface area contributed by atoms with Crippen LogP contribution >= 0.6 is 15.9 Å². The van der Waals surface area contributed by atoms with Crippen molar-refractivity contribution in [3.05, 3.63) is 46.3 Å². The van der Waals surface area contributed by atoms with Crippen molar-refractivity contribution in [2.45, 2.75) is 11.8 Å². The van der Waals surface area contributed by atoms with E-state index in [1.165, 1.54) is 13.1 Å². The Morgan fingerprint density at radius 3 is 2.75 bits per heavy atom. The number of hydrogen-bond donors (Lipinski definition) is 2. The van der Waals surface area contributed by atoms with Gasteiger partial charge in [0.2, 0.25) is 0 Å². The predicted octanol–water partition coefficient (Wildman–Crippen LogP) is 2.67. The summed E-state index contributed by atoms with van der Waals surface area (Å²) in [6.45, 7) is 1.49. The van der Waals surface area contributed by atoms with Crippen LogP contribution in [0.5, 0.6) is 0 Å². The Morgan fingerprint density at radius 1 is 1.40 bits per heavy atom. The topological polar surface area (TPSA) is 85.1 Å². The summed E-state index contributed by atoms with van der Waals surface area (Å²) in [4.78, 5) is 3.83. The Morgan fingerprint density at radius 2 is 2.10 bits per heavy atom. The maximum absolute atomic E-state index is 13.3. The lowest BCUT2D eigenvalue weighted by atomic mass is 10.2. The standard InChI is InChI=1S/C12H11BrFN3O2S/c1-7-5-9(14)10(15)6-11(7)20(18,19)17-12-8(13)3-2-4-16-12/h2-6H,15H2,1H3,(H,16,17). The molecule has 0 aliphatic heterocycles. The van der Waals surface area contributed by atoms with Crippen molar-refractivity contribution >= 4 is 37.5 Å². The third kappa shape index (κ3) is 2.91. The minimum atomic E-state index is -3.89. The van der Waals surface area contributed by atoms with Crippen LogP contribution in [0.4, 0.5) is 15.9 Å². The van der Waals surface area contributed by atoms with Gasteiger partial charge in [-0.2, -0.15) is 0 Å². The molecule has 0 saturated heterocycles. The number of nitrogen functional groups attached to an aromatic ring is 1. The Bertz CT molecular complexity index is 765. The highest BCUT2D eigenvalue weighted by Gasteiger charge is 2.20. The molecule has 0 aliphatic carbocycles. The Hall–Kier alpha value is -1.67. The van der Waals surface area contributed by atoms with E-state index >= 15 is 0 Å². The SMILES string of the molecule is Cc1cc(F)c(N)cc1S(=O)(=O)Nc1ncccc1Br. The lowest BCUT2D eigenvalue weighted by Gasteiger charge is -2.11. The van der Waals surface area contributed by atoms with E-state index in [1.54, 1.807) is 12.1 Å². The number of nitrogens with zero attached hydrogens (tertiary/aromatic N) is 1. The molecule has 0 unspecified atom stereocenters. The van der Waals surface area contributed by atoms with Crippen LogP contribution in [0, 0.1) is 12.7 Å². The number of halogens is 2. The molecule has 8 heteroatoms. The van der Waals surface area contributed by atoms with E-state index < -0.39 is 15.8 Å². The van der Waals surface area contributed by atoms with Crippen molar-refractivity contribution in [1.82, 2.24) is 4.98 Å². The molecule has 3 N–H and O–H groups in total. The normalized spacial score (nSPS) is 11.3. The summed E-state index contributed by atoms with van der Waals surface area (Å²) in [5, 5.41) is 0. The van der Waals surface area contributed by atoms with Crippen LogP contribution in [0.25, 0.3) is 0 Å². The molecule has 2 rings (SSSR count). The first-order chi connectivity index (χ1) is 9.31. The Kier molecular flexibility index (Phi) is 3.96. The van der Waals surface area contributed by atoms with E-state index in [-0.39, 0.29) is 22.0 Å². The summed E-state index contributed by atoms with van der Waals surface area (Å²) in [7, 11) is -3.89.